The van der Waals surface area contributed by atoms with E-state index in [1.165, 1.54) is 14.2 Å². The van der Waals surface area contributed by atoms with Crippen molar-refractivity contribution in [3.05, 3.63) is 0 Å². The topological polar surface area (TPSA) is 93.9 Å². The minimum absolute atomic E-state index is 0.0102. The Morgan fingerprint density at radius 1 is 1.37 bits per heavy atom. The molecule has 1 aliphatic heterocycles. The molecule has 1 aliphatic rings. The summed E-state index contributed by atoms with van der Waals surface area (Å²) in [6.45, 7) is 1.53. The van der Waals surface area contributed by atoms with Gasteiger partial charge in [-0.25, -0.2) is 0 Å². The molecule has 7 nitrogen and oxygen atoms in total. The Balaban J connectivity index is 2.34. The second kappa shape index (κ2) is 8.08. The van der Waals surface area contributed by atoms with Gasteiger partial charge in [0.25, 0.3) is 5.91 Å². The quantitative estimate of drug-likeness (QED) is 0.628. The maximum Gasteiger partial charge on any atom is 0.250 e. The van der Waals surface area contributed by atoms with Gasteiger partial charge in [0.2, 0.25) is 5.91 Å². The maximum atomic E-state index is 11.8. The van der Waals surface area contributed by atoms with Crippen molar-refractivity contribution in [3.8, 4) is 0 Å². The van der Waals surface area contributed by atoms with Gasteiger partial charge in [0.05, 0.1) is 0 Å². The standard InChI is InChI=1S/C12H23N3O4/c1-18-8-11(16)15-5-3-9(4-6-15)14-12(17)10(7-13)19-2/h9-10H,3-8,13H2,1-2H3,(H,14,17). The van der Waals surface area contributed by atoms with Gasteiger partial charge in [0.1, 0.15) is 12.7 Å². The van der Waals surface area contributed by atoms with Crippen LogP contribution in [0.25, 0.3) is 0 Å². The van der Waals surface area contributed by atoms with Crippen LogP contribution in [0.2, 0.25) is 0 Å². The largest absolute Gasteiger partial charge is 0.375 e. The second-order valence-corrected chi connectivity index (χ2v) is 4.56. The average molecular weight is 273 g/mol. The number of amides is 2. The predicted molar refractivity (Wildman–Crippen MR) is 69.5 cm³/mol. The number of hydrogen-bond donors (Lipinski definition) is 2. The molecule has 0 aromatic carbocycles. The van der Waals surface area contributed by atoms with Crippen LogP contribution in [0.5, 0.6) is 0 Å². The molecule has 1 fully saturated rings. The van der Waals surface area contributed by atoms with Gasteiger partial charge in [0, 0.05) is 39.9 Å². The summed E-state index contributed by atoms with van der Waals surface area (Å²) in [6, 6.07) is 0.0725. The first-order valence-electron chi connectivity index (χ1n) is 6.42. The van der Waals surface area contributed by atoms with Gasteiger partial charge in [-0.15, -0.1) is 0 Å². The van der Waals surface area contributed by atoms with Gasteiger partial charge >= 0.3 is 0 Å². The van der Waals surface area contributed by atoms with Crippen molar-refractivity contribution in [2.45, 2.75) is 25.0 Å². The van der Waals surface area contributed by atoms with E-state index in [4.69, 9.17) is 15.2 Å². The Hall–Kier alpha value is -1.18. The van der Waals surface area contributed by atoms with E-state index in [9.17, 15) is 9.59 Å². The summed E-state index contributed by atoms with van der Waals surface area (Å²) in [5, 5.41) is 2.90. The first-order valence-corrected chi connectivity index (χ1v) is 6.42. The highest BCUT2D eigenvalue weighted by molar-refractivity contribution is 5.81. The van der Waals surface area contributed by atoms with E-state index >= 15 is 0 Å². The molecule has 0 aliphatic carbocycles. The third kappa shape index (κ3) is 4.77. The number of hydrogen-bond acceptors (Lipinski definition) is 5. The molecule has 19 heavy (non-hydrogen) atoms. The van der Waals surface area contributed by atoms with Crippen molar-refractivity contribution in [2.75, 3.05) is 40.5 Å². The number of methoxy groups -OCH3 is 2. The lowest BCUT2D eigenvalue weighted by atomic mass is 10.0. The van der Waals surface area contributed by atoms with Crippen molar-refractivity contribution in [3.63, 3.8) is 0 Å². The fraction of sp³-hybridized carbons (Fsp3) is 0.833. The first kappa shape index (κ1) is 15.9. The zero-order chi connectivity index (χ0) is 14.3. The predicted octanol–water partition coefficient (Wildman–Crippen LogP) is -1.29. The van der Waals surface area contributed by atoms with Crippen LogP contribution in [0.1, 0.15) is 12.8 Å². The van der Waals surface area contributed by atoms with Gasteiger partial charge < -0.3 is 25.4 Å². The number of nitrogens with two attached hydrogens (primary N) is 1. The zero-order valence-corrected chi connectivity index (χ0v) is 11.6. The molecule has 1 atom stereocenters. The van der Waals surface area contributed by atoms with Crippen LogP contribution in [-0.2, 0) is 19.1 Å². The lowest BCUT2D eigenvalue weighted by molar-refractivity contribution is -0.136. The van der Waals surface area contributed by atoms with Crippen LogP contribution in [0.15, 0.2) is 0 Å². The van der Waals surface area contributed by atoms with Crippen molar-refractivity contribution in [2.24, 2.45) is 5.73 Å². The summed E-state index contributed by atoms with van der Waals surface area (Å²) >= 11 is 0. The Morgan fingerprint density at radius 3 is 2.47 bits per heavy atom. The molecule has 1 rings (SSSR count). The van der Waals surface area contributed by atoms with E-state index in [2.05, 4.69) is 5.32 Å². The third-order valence-electron chi connectivity index (χ3n) is 3.25. The highest BCUT2D eigenvalue weighted by atomic mass is 16.5. The van der Waals surface area contributed by atoms with E-state index in [0.29, 0.717) is 13.1 Å². The van der Waals surface area contributed by atoms with Crippen molar-refractivity contribution < 1.29 is 19.1 Å². The molecule has 1 heterocycles. The van der Waals surface area contributed by atoms with Crippen molar-refractivity contribution in [1.82, 2.24) is 10.2 Å². The monoisotopic (exact) mass is 273 g/mol. The van der Waals surface area contributed by atoms with Gasteiger partial charge in [0.15, 0.2) is 0 Å². The summed E-state index contributed by atoms with van der Waals surface area (Å²) < 4.78 is 9.79. The van der Waals surface area contributed by atoms with E-state index in [-0.39, 0.29) is 31.0 Å². The molecular formula is C12H23N3O4. The SMILES string of the molecule is COCC(=O)N1CCC(NC(=O)C(CN)OC)CC1. The van der Waals surface area contributed by atoms with Crippen LogP contribution in [0.4, 0.5) is 0 Å². The Labute approximate surface area is 113 Å². The Kier molecular flexibility index (Phi) is 6.75. The number of piperidine rings is 1. The average Bonchev–Trinajstić information content (AvgIpc) is 2.41. The van der Waals surface area contributed by atoms with E-state index in [0.717, 1.165) is 12.8 Å². The minimum Gasteiger partial charge on any atom is -0.375 e. The van der Waals surface area contributed by atoms with Crippen LogP contribution in [-0.4, -0.2) is 69.3 Å². The lowest BCUT2D eigenvalue weighted by Crippen LogP contribution is -2.50. The normalized spacial score (nSPS) is 18.2. The van der Waals surface area contributed by atoms with E-state index < -0.39 is 6.10 Å². The molecule has 0 spiro atoms. The number of nitrogens with zero attached hydrogens (tertiary/aromatic N) is 1. The van der Waals surface area contributed by atoms with Gasteiger partial charge in [-0.2, -0.15) is 0 Å². The van der Waals surface area contributed by atoms with Crippen LogP contribution >= 0.6 is 0 Å². The summed E-state index contributed by atoms with van der Waals surface area (Å²) in [4.78, 5) is 25.1. The van der Waals surface area contributed by atoms with Gasteiger partial charge in [-0.3, -0.25) is 9.59 Å². The third-order valence-corrected chi connectivity index (χ3v) is 3.25. The number of rotatable bonds is 6. The maximum absolute atomic E-state index is 11.8. The molecule has 3 N–H and O–H groups in total. The van der Waals surface area contributed by atoms with Crippen molar-refractivity contribution >= 4 is 11.8 Å². The van der Waals surface area contributed by atoms with Crippen LogP contribution in [0.3, 0.4) is 0 Å². The minimum atomic E-state index is -0.604. The van der Waals surface area contributed by atoms with Gasteiger partial charge in [-0.1, -0.05) is 0 Å². The van der Waals surface area contributed by atoms with Crippen LogP contribution in [0, 0.1) is 0 Å². The molecule has 110 valence electrons. The molecule has 2 amide bonds. The highest BCUT2D eigenvalue weighted by Crippen LogP contribution is 2.11. The first-order chi connectivity index (χ1) is 9.12. The molecule has 0 aromatic rings. The smallest absolute Gasteiger partial charge is 0.250 e. The number of carbonyl (C=O) groups excluding carboxylic acids is 2. The number of carbonyl (C=O) groups is 2. The molecular weight excluding hydrogens is 250 g/mol. The molecule has 0 saturated carbocycles. The van der Waals surface area contributed by atoms with Crippen LogP contribution < -0.4 is 11.1 Å². The molecule has 0 radical (unpaired) electrons. The summed E-state index contributed by atoms with van der Waals surface area (Å²) in [5.74, 6) is -0.198. The fourth-order valence-corrected chi connectivity index (χ4v) is 2.09. The van der Waals surface area contributed by atoms with Crippen molar-refractivity contribution in [1.29, 1.82) is 0 Å². The molecule has 1 unspecified atom stereocenters. The summed E-state index contributed by atoms with van der Waals surface area (Å²) in [6.07, 6.45) is 0.873. The fourth-order valence-electron chi connectivity index (χ4n) is 2.09. The number of likely N-dealkylation sites (tertiary alicyclic amines) is 1. The number of ether oxygens (including phenoxy) is 2. The zero-order valence-electron chi connectivity index (χ0n) is 11.6. The molecule has 1 saturated heterocycles. The molecule has 0 aromatic heterocycles. The lowest BCUT2D eigenvalue weighted by Gasteiger charge is -2.32. The molecule has 0 bridgehead atoms. The Morgan fingerprint density at radius 2 is 2.00 bits per heavy atom. The van der Waals surface area contributed by atoms with Gasteiger partial charge in [-0.05, 0) is 12.8 Å². The van der Waals surface area contributed by atoms with E-state index in [1.807, 2.05) is 0 Å². The Bertz CT molecular complexity index is 299. The molecule has 7 heteroatoms. The highest BCUT2D eigenvalue weighted by Gasteiger charge is 2.25. The summed E-state index contributed by atoms with van der Waals surface area (Å²) in [5.41, 5.74) is 5.43. The second-order valence-electron chi connectivity index (χ2n) is 4.56. The van der Waals surface area contributed by atoms with E-state index in [1.54, 1.807) is 4.90 Å². The number of nitrogens with one attached hydrogen (secondary N) is 1. The summed E-state index contributed by atoms with van der Waals surface area (Å²) in [7, 11) is 2.96.